The summed E-state index contributed by atoms with van der Waals surface area (Å²) in [6.07, 6.45) is 0.265. The number of benzene rings is 2. The first-order valence-corrected chi connectivity index (χ1v) is 7.71. The van der Waals surface area contributed by atoms with Crippen molar-refractivity contribution in [2.24, 2.45) is 5.92 Å². The minimum Gasteiger partial charge on any atom is -0.444 e. The molecule has 118 valence electrons. The van der Waals surface area contributed by atoms with Gasteiger partial charge in [0.15, 0.2) is 0 Å². The van der Waals surface area contributed by atoms with Crippen LogP contribution in [0.2, 0.25) is 0 Å². The lowest BCUT2D eigenvalue weighted by molar-refractivity contribution is -0.120. The Morgan fingerprint density at radius 3 is 2.52 bits per heavy atom. The monoisotopic (exact) mass is 309 g/mol. The maximum atomic E-state index is 12.5. The van der Waals surface area contributed by atoms with Crippen LogP contribution in [0.25, 0.3) is 0 Å². The predicted molar refractivity (Wildman–Crippen MR) is 88.3 cm³/mol. The van der Waals surface area contributed by atoms with Crippen molar-refractivity contribution in [1.29, 1.82) is 0 Å². The molecular weight excluding hydrogens is 290 g/mol. The molecule has 0 fully saturated rings. The third-order valence-corrected chi connectivity index (χ3v) is 4.15. The van der Waals surface area contributed by atoms with Crippen molar-refractivity contribution in [3.8, 4) is 0 Å². The SMILES string of the molecule is CC(=O)[C@H]1Cc2ccccc2N(C(=O)OCc2ccccc2)C1. The first-order valence-electron chi connectivity index (χ1n) is 7.71. The van der Waals surface area contributed by atoms with Crippen LogP contribution in [0.4, 0.5) is 10.5 Å². The molecule has 1 atom stereocenters. The minimum absolute atomic E-state index is 0.0976. The van der Waals surface area contributed by atoms with Crippen molar-refractivity contribution in [2.45, 2.75) is 20.0 Å². The van der Waals surface area contributed by atoms with E-state index in [0.717, 1.165) is 16.8 Å². The molecule has 2 aromatic carbocycles. The second-order valence-corrected chi connectivity index (χ2v) is 5.79. The molecule has 4 nitrogen and oxygen atoms in total. The molecule has 1 amide bonds. The molecule has 3 rings (SSSR count). The Bertz CT molecular complexity index is 712. The molecule has 0 saturated heterocycles. The molecule has 2 aromatic rings. The normalized spacial score (nSPS) is 16.6. The van der Waals surface area contributed by atoms with Crippen LogP contribution in [0.5, 0.6) is 0 Å². The molecule has 0 spiro atoms. The fourth-order valence-corrected chi connectivity index (χ4v) is 2.84. The second kappa shape index (κ2) is 6.65. The summed E-state index contributed by atoms with van der Waals surface area (Å²) in [5, 5.41) is 0. The first kappa shape index (κ1) is 15.3. The van der Waals surface area contributed by atoms with Gasteiger partial charge in [-0.3, -0.25) is 9.69 Å². The molecule has 0 N–H and O–H groups in total. The number of fused-ring (bicyclic) bond motifs is 1. The number of ether oxygens (including phenoxy) is 1. The molecule has 0 unspecified atom stereocenters. The van der Waals surface area contributed by atoms with Crippen molar-refractivity contribution in [3.63, 3.8) is 0 Å². The van der Waals surface area contributed by atoms with Crippen molar-refractivity contribution in [1.82, 2.24) is 0 Å². The van der Waals surface area contributed by atoms with Gasteiger partial charge in [-0.2, -0.15) is 0 Å². The zero-order valence-corrected chi connectivity index (χ0v) is 13.1. The van der Waals surface area contributed by atoms with Gasteiger partial charge in [0, 0.05) is 12.5 Å². The topological polar surface area (TPSA) is 46.6 Å². The molecule has 0 saturated carbocycles. The van der Waals surface area contributed by atoms with Crippen LogP contribution >= 0.6 is 0 Å². The summed E-state index contributed by atoms with van der Waals surface area (Å²) in [4.78, 5) is 25.8. The summed E-state index contributed by atoms with van der Waals surface area (Å²) in [7, 11) is 0. The van der Waals surface area contributed by atoms with E-state index in [0.29, 0.717) is 13.0 Å². The van der Waals surface area contributed by atoms with Gasteiger partial charge >= 0.3 is 6.09 Å². The van der Waals surface area contributed by atoms with Gasteiger partial charge in [0.1, 0.15) is 12.4 Å². The van der Waals surface area contributed by atoms with E-state index in [2.05, 4.69) is 0 Å². The number of anilines is 1. The van der Waals surface area contributed by atoms with Crippen molar-refractivity contribution >= 4 is 17.6 Å². The van der Waals surface area contributed by atoms with Gasteiger partial charge in [-0.15, -0.1) is 0 Å². The number of ketones is 1. The Morgan fingerprint density at radius 1 is 1.09 bits per heavy atom. The van der Waals surface area contributed by atoms with Crippen LogP contribution in [0.3, 0.4) is 0 Å². The highest BCUT2D eigenvalue weighted by atomic mass is 16.6. The summed E-state index contributed by atoms with van der Waals surface area (Å²) in [5.74, 6) is -0.0745. The van der Waals surface area contributed by atoms with Crippen molar-refractivity contribution in [2.75, 3.05) is 11.4 Å². The highest BCUT2D eigenvalue weighted by Gasteiger charge is 2.31. The number of carbonyl (C=O) groups excluding carboxylic acids is 2. The van der Waals surface area contributed by atoms with Crippen LogP contribution < -0.4 is 4.90 Å². The minimum atomic E-state index is -0.410. The van der Waals surface area contributed by atoms with Gasteiger partial charge in [-0.1, -0.05) is 48.5 Å². The summed E-state index contributed by atoms with van der Waals surface area (Å²) >= 11 is 0. The number of amides is 1. The number of carbonyl (C=O) groups is 2. The maximum Gasteiger partial charge on any atom is 0.414 e. The molecule has 4 heteroatoms. The van der Waals surface area contributed by atoms with Gasteiger partial charge in [0.25, 0.3) is 0 Å². The zero-order chi connectivity index (χ0) is 16.2. The van der Waals surface area contributed by atoms with Crippen LogP contribution in [-0.4, -0.2) is 18.4 Å². The van der Waals surface area contributed by atoms with E-state index in [1.54, 1.807) is 11.8 Å². The Morgan fingerprint density at radius 2 is 1.78 bits per heavy atom. The standard InChI is InChI=1S/C19H19NO3/c1-14(21)17-11-16-9-5-6-10-18(16)20(12-17)19(22)23-13-15-7-3-2-4-8-15/h2-10,17H,11-13H2,1H3/t17-/m0/s1. The zero-order valence-electron chi connectivity index (χ0n) is 13.1. The fourth-order valence-electron chi connectivity index (χ4n) is 2.84. The Labute approximate surface area is 135 Å². The van der Waals surface area contributed by atoms with Gasteiger partial charge in [-0.05, 0) is 30.5 Å². The number of para-hydroxylation sites is 1. The molecule has 1 heterocycles. The molecule has 0 radical (unpaired) electrons. The van der Waals surface area contributed by atoms with Gasteiger partial charge in [0.2, 0.25) is 0 Å². The van der Waals surface area contributed by atoms with E-state index in [1.165, 1.54) is 0 Å². The summed E-state index contributed by atoms with van der Waals surface area (Å²) in [5.41, 5.74) is 2.79. The Hall–Kier alpha value is -2.62. The summed E-state index contributed by atoms with van der Waals surface area (Å²) in [6.45, 7) is 2.18. The average molecular weight is 309 g/mol. The predicted octanol–water partition coefficient (Wildman–Crippen LogP) is 3.59. The molecule has 1 aliphatic rings. The smallest absolute Gasteiger partial charge is 0.414 e. The summed E-state index contributed by atoms with van der Waals surface area (Å²) < 4.78 is 5.43. The third kappa shape index (κ3) is 3.42. The van der Waals surface area contributed by atoms with E-state index in [1.807, 2.05) is 54.6 Å². The number of Topliss-reactive ketones (excluding diaryl/α,β-unsaturated/α-hetero) is 1. The fraction of sp³-hybridized carbons (Fsp3) is 0.263. The van der Waals surface area contributed by atoms with Crippen molar-refractivity contribution < 1.29 is 14.3 Å². The molecular formula is C19H19NO3. The van der Waals surface area contributed by atoms with Crippen LogP contribution in [0.15, 0.2) is 54.6 Å². The van der Waals surface area contributed by atoms with E-state index < -0.39 is 6.09 Å². The van der Waals surface area contributed by atoms with Crippen LogP contribution in [-0.2, 0) is 22.6 Å². The van der Waals surface area contributed by atoms with E-state index >= 15 is 0 Å². The number of rotatable bonds is 3. The molecule has 0 aliphatic carbocycles. The quantitative estimate of drug-likeness (QED) is 0.870. The summed E-state index contributed by atoms with van der Waals surface area (Å²) in [6, 6.07) is 17.2. The van der Waals surface area contributed by atoms with Gasteiger partial charge in [0.05, 0.1) is 5.69 Å². The van der Waals surface area contributed by atoms with E-state index in [-0.39, 0.29) is 18.3 Å². The Kier molecular flexibility index (Phi) is 4.42. The van der Waals surface area contributed by atoms with E-state index in [9.17, 15) is 9.59 Å². The molecule has 0 bridgehead atoms. The lowest BCUT2D eigenvalue weighted by Gasteiger charge is -2.32. The lowest BCUT2D eigenvalue weighted by atomic mass is 9.90. The van der Waals surface area contributed by atoms with E-state index in [4.69, 9.17) is 4.74 Å². The second-order valence-electron chi connectivity index (χ2n) is 5.79. The third-order valence-electron chi connectivity index (χ3n) is 4.15. The number of hydrogen-bond donors (Lipinski definition) is 0. The number of hydrogen-bond acceptors (Lipinski definition) is 3. The largest absolute Gasteiger partial charge is 0.444 e. The molecule has 23 heavy (non-hydrogen) atoms. The highest BCUT2D eigenvalue weighted by Crippen LogP contribution is 2.30. The highest BCUT2D eigenvalue weighted by molar-refractivity contribution is 5.91. The average Bonchev–Trinajstić information content (AvgIpc) is 2.59. The van der Waals surface area contributed by atoms with Crippen molar-refractivity contribution in [3.05, 3.63) is 65.7 Å². The maximum absolute atomic E-state index is 12.5. The molecule has 1 aliphatic heterocycles. The number of nitrogens with zero attached hydrogens (tertiary/aromatic N) is 1. The van der Waals surface area contributed by atoms with Crippen LogP contribution in [0.1, 0.15) is 18.1 Å². The lowest BCUT2D eigenvalue weighted by Crippen LogP contribution is -2.42. The van der Waals surface area contributed by atoms with Gasteiger partial charge < -0.3 is 4.74 Å². The van der Waals surface area contributed by atoms with Gasteiger partial charge in [-0.25, -0.2) is 4.79 Å². The Balaban J connectivity index is 1.77. The molecule has 0 aromatic heterocycles. The first-order chi connectivity index (χ1) is 11.1. The van der Waals surface area contributed by atoms with Crippen LogP contribution in [0, 0.1) is 5.92 Å².